The highest BCUT2D eigenvalue weighted by Gasteiger charge is 2.02. The zero-order chi connectivity index (χ0) is 9.26. The molecule has 0 unspecified atom stereocenters. The molecule has 0 amide bonds. The second-order valence-corrected chi connectivity index (χ2v) is 4.08. The van der Waals surface area contributed by atoms with Gasteiger partial charge in [-0.25, -0.2) is 0 Å². The van der Waals surface area contributed by atoms with Crippen molar-refractivity contribution < 1.29 is 0 Å². The molecule has 1 heterocycles. The van der Waals surface area contributed by atoms with E-state index in [1.54, 1.807) is 0 Å². The van der Waals surface area contributed by atoms with Crippen LogP contribution in [0.4, 0.5) is 0 Å². The number of fused-ring (bicyclic) bond motifs is 1. The first kappa shape index (κ1) is 8.57. The van der Waals surface area contributed by atoms with Crippen LogP contribution >= 0.6 is 22.6 Å². The van der Waals surface area contributed by atoms with Crippen LogP contribution in [0.2, 0.25) is 0 Å². The Bertz CT molecular complexity index is 479. The third-order valence-corrected chi connectivity index (χ3v) is 2.67. The van der Waals surface area contributed by atoms with Crippen LogP contribution < -0.4 is 0 Å². The van der Waals surface area contributed by atoms with Crippen LogP contribution in [0.1, 0.15) is 5.56 Å². The number of nitrogens with one attached hydrogen (secondary N) is 1. The maximum Gasteiger partial charge on any atom is 0.0670 e. The van der Waals surface area contributed by atoms with Crippen LogP contribution in [0, 0.1) is 14.9 Å². The summed E-state index contributed by atoms with van der Waals surface area (Å²) >= 11 is 2.27. The summed E-state index contributed by atoms with van der Waals surface area (Å²) in [7, 11) is 0. The van der Waals surface area contributed by atoms with E-state index in [0.29, 0.717) is 6.42 Å². The predicted octanol–water partition coefficient (Wildman–Crippen LogP) is 2.84. The molecule has 0 atom stereocenters. The van der Waals surface area contributed by atoms with Gasteiger partial charge in [0.05, 0.1) is 12.5 Å². The lowest BCUT2D eigenvalue weighted by Crippen LogP contribution is -1.77. The number of aromatic amines is 1. The summed E-state index contributed by atoms with van der Waals surface area (Å²) in [4.78, 5) is 3.15. The van der Waals surface area contributed by atoms with Crippen LogP contribution in [-0.2, 0) is 6.42 Å². The molecule has 0 saturated heterocycles. The van der Waals surface area contributed by atoms with Gasteiger partial charge >= 0.3 is 0 Å². The number of H-pyrrole nitrogens is 1. The Morgan fingerprint density at radius 3 is 3.08 bits per heavy atom. The van der Waals surface area contributed by atoms with E-state index in [-0.39, 0.29) is 0 Å². The van der Waals surface area contributed by atoms with Gasteiger partial charge in [-0.3, -0.25) is 0 Å². The Labute approximate surface area is 89.7 Å². The van der Waals surface area contributed by atoms with E-state index >= 15 is 0 Å². The average molecular weight is 282 g/mol. The van der Waals surface area contributed by atoms with Crippen molar-refractivity contribution in [1.29, 1.82) is 5.26 Å². The van der Waals surface area contributed by atoms with Gasteiger partial charge in [-0.2, -0.15) is 5.26 Å². The Morgan fingerprint density at radius 2 is 2.31 bits per heavy atom. The molecule has 0 bridgehead atoms. The highest BCUT2D eigenvalue weighted by atomic mass is 127. The predicted molar refractivity (Wildman–Crippen MR) is 60.3 cm³/mol. The number of nitriles is 1. The van der Waals surface area contributed by atoms with E-state index in [1.165, 1.54) is 3.57 Å². The second-order valence-electron chi connectivity index (χ2n) is 2.84. The quantitative estimate of drug-likeness (QED) is 0.803. The minimum Gasteiger partial charge on any atom is -0.361 e. The fraction of sp³-hybridized carbons (Fsp3) is 0.100. The highest BCUT2D eigenvalue weighted by molar-refractivity contribution is 14.1. The van der Waals surface area contributed by atoms with Gasteiger partial charge in [-0.05, 0) is 46.4 Å². The molecule has 2 aromatic rings. The summed E-state index contributed by atoms with van der Waals surface area (Å²) in [6.07, 6.45) is 2.38. The van der Waals surface area contributed by atoms with Crippen molar-refractivity contribution in [3.05, 3.63) is 33.5 Å². The smallest absolute Gasteiger partial charge is 0.0670 e. The summed E-state index contributed by atoms with van der Waals surface area (Å²) in [5, 5.41) is 9.76. The largest absolute Gasteiger partial charge is 0.361 e. The third-order valence-electron chi connectivity index (χ3n) is 2.00. The van der Waals surface area contributed by atoms with Crippen molar-refractivity contribution in [2.75, 3.05) is 0 Å². The Kier molecular flexibility index (Phi) is 2.23. The monoisotopic (exact) mass is 282 g/mol. The molecule has 13 heavy (non-hydrogen) atoms. The summed E-state index contributed by atoms with van der Waals surface area (Å²) in [6, 6.07) is 8.35. The van der Waals surface area contributed by atoms with Crippen LogP contribution in [0.15, 0.2) is 24.4 Å². The fourth-order valence-corrected chi connectivity index (χ4v) is 1.87. The molecule has 0 spiro atoms. The summed E-state index contributed by atoms with van der Waals surface area (Å²) in [5.74, 6) is 0. The molecule has 0 fully saturated rings. The Hall–Kier alpha value is -1.02. The van der Waals surface area contributed by atoms with Crippen molar-refractivity contribution in [3.8, 4) is 6.07 Å². The normalized spacial score (nSPS) is 10.2. The molecule has 1 aromatic carbocycles. The van der Waals surface area contributed by atoms with Crippen molar-refractivity contribution in [2.24, 2.45) is 0 Å². The number of nitrogens with zero attached hydrogens (tertiary/aromatic N) is 1. The summed E-state index contributed by atoms with van der Waals surface area (Å²) in [6.45, 7) is 0. The van der Waals surface area contributed by atoms with Gasteiger partial charge in [0.25, 0.3) is 0 Å². The molecular weight excluding hydrogens is 275 g/mol. The lowest BCUT2D eigenvalue weighted by molar-refractivity contribution is 1.28. The number of halogens is 1. The lowest BCUT2D eigenvalue weighted by atomic mass is 10.1. The molecule has 0 aliphatic carbocycles. The van der Waals surface area contributed by atoms with Gasteiger partial charge in [0, 0.05) is 20.7 Å². The van der Waals surface area contributed by atoms with Crippen molar-refractivity contribution in [1.82, 2.24) is 4.98 Å². The standard InChI is InChI=1S/C10H7IN2/c11-8-1-2-10-9(5-8)7(3-4-12)6-13-10/h1-2,5-6,13H,3H2. The average Bonchev–Trinajstić information content (AvgIpc) is 2.49. The second kappa shape index (κ2) is 3.38. The van der Waals surface area contributed by atoms with Crippen LogP contribution in [0.25, 0.3) is 10.9 Å². The molecule has 0 aliphatic heterocycles. The van der Waals surface area contributed by atoms with Crippen molar-refractivity contribution in [3.63, 3.8) is 0 Å². The molecule has 3 heteroatoms. The molecular formula is C10H7IN2. The summed E-state index contributed by atoms with van der Waals surface area (Å²) < 4.78 is 1.20. The van der Waals surface area contributed by atoms with E-state index < -0.39 is 0 Å². The minimum absolute atomic E-state index is 0.472. The minimum atomic E-state index is 0.472. The molecule has 1 N–H and O–H groups in total. The molecule has 0 saturated carbocycles. The number of hydrogen-bond donors (Lipinski definition) is 1. The van der Waals surface area contributed by atoms with Crippen molar-refractivity contribution >= 4 is 33.5 Å². The van der Waals surface area contributed by atoms with Crippen LogP contribution in [-0.4, -0.2) is 4.98 Å². The van der Waals surface area contributed by atoms with Gasteiger partial charge in [-0.1, -0.05) is 0 Å². The number of benzene rings is 1. The maximum absolute atomic E-state index is 8.60. The van der Waals surface area contributed by atoms with Gasteiger partial charge < -0.3 is 4.98 Å². The fourth-order valence-electron chi connectivity index (χ4n) is 1.38. The van der Waals surface area contributed by atoms with Crippen LogP contribution in [0.5, 0.6) is 0 Å². The maximum atomic E-state index is 8.60. The SMILES string of the molecule is N#CCc1c[nH]c2ccc(I)cc12. The zero-order valence-electron chi connectivity index (χ0n) is 6.84. The van der Waals surface area contributed by atoms with E-state index in [4.69, 9.17) is 5.26 Å². The van der Waals surface area contributed by atoms with E-state index in [1.807, 2.05) is 12.3 Å². The highest BCUT2D eigenvalue weighted by Crippen LogP contribution is 2.20. The summed E-state index contributed by atoms with van der Waals surface area (Å²) in [5.41, 5.74) is 2.18. The van der Waals surface area contributed by atoms with Gasteiger partial charge in [0.2, 0.25) is 0 Å². The van der Waals surface area contributed by atoms with E-state index in [2.05, 4.69) is 45.8 Å². The topological polar surface area (TPSA) is 39.6 Å². The number of hydrogen-bond acceptors (Lipinski definition) is 1. The first-order valence-electron chi connectivity index (χ1n) is 3.94. The van der Waals surface area contributed by atoms with E-state index in [0.717, 1.165) is 16.5 Å². The molecule has 0 aliphatic rings. The van der Waals surface area contributed by atoms with Gasteiger partial charge in [0.1, 0.15) is 0 Å². The number of aromatic nitrogens is 1. The molecule has 1 aromatic heterocycles. The first-order valence-corrected chi connectivity index (χ1v) is 5.01. The lowest BCUT2D eigenvalue weighted by Gasteiger charge is -1.93. The molecule has 2 rings (SSSR count). The molecule has 0 radical (unpaired) electrons. The first-order chi connectivity index (χ1) is 6.31. The third kappa shape index (κ3) is 1.54. The Morgan fingerprint density at radius 1 is 1.46 bits per heavy atom. The molecule has 2 nitrogen and oxygen atoms in total. The van der Waals surface area contributed by atoms with Gasteiger partial charge in [-0.15, -0.1) is 0 Å². The molecule has 64 valence electrons. The number of rotatable bonds is 1. The van der Waals surface area contributed by atoms with E-state index in [9.17, 15) is 0 Å². The van der Waals surface area contributed by atoms with Gasteiger partial charge in [0.15, 0.2) is 0 Å². The Balaban J connectivity index is 2.66. The zero-order valence-corrected chi connectivity index (χ0v) is 9.00. The van der Waals surface area contributed by atoms with Crippen LogP contribution in [0.3, 0.4) is 0 Å². The van der Waals surface area contributed by atoms with Crippen molar-refractivity contribution in [2.45, 2.75) is 6.42 Å².